The molecule has 0 aromatic carbocycles. The van der Waals surface area contributed by atoms with E-state index >= 15 is 0 Å². The molecular formula is C21H22N6O3. The van der Waals surface area contributed by atoms with Crippen LogP contribution in [0.5, 0.6) is 0 Å². The van der Waals surface area contributed by atoms with Gasteiger partial charge in [-0.2, -0.15) is 5.26 Å². The van der Waals surface area contributed by atoms with Crippen LogP contribution in [-0.4, -0.2) is 45.5 Å². The Labute approximate surface area is 174 Å². The summed E-state index contributed by atoms with van der Waals surface area (Å²) in [4.78, 5) is 26.7. The quantitative estimate of drug-likeness (QED) is 0.721. The molecule has 1 atom stereocenters. The Morgan fingerprint density at radius 2 is 2.23 bits per heavy atom. The molecule has 0 radical (unpaired) electrons. The van der Waals surface area contributed by atoms with Crippen molar-refractivity contribution in [2.45, 2.75) is 32.1 Å². The van der Waals surface area contributed by atoms with Crippen molar-refractivity contribution >= 4 is 17.9 Å². The summed E-state index contributed by atoms with van der Waals surface area (Å²) in [5.41, 5.74) is 2.60. The maximum Gasteiger partial charge on any atom is 0.376 e. The molecule has 0 spiro atoms. The molecule has 0 bridgehead atoms. The third-order valence-corrected chi connectivity index (χ3v) is 5.06. The van der Waals surface area contributed by atoms with E-state index in [0.29, 0.717) is 12.4 Å². The molecule has 2 aromatic rings. The molecule has 1 aliphatic carbocycles. The fourth-order valence-electron chi connectivity index (χ4n) is 3.62. The molecule has 1 N–H and O–H groups in total. The average Bonchev–Trinajstić information content (AvgIpc) is 3.46. The number of nitrogens with zero attached hydrogens (tertiary/aromatic N) is 5. The minimum absolute atomic E-state index is 0.00367. The van der Waals surface area contributed by atoms with Gasteiger partial charge in [0, 0.05) is 25.2 Å². The zero-order chi connectivity index (χ0) is 20.9. The SMILES string of the molecule is CCOC(=O)c1cnc(Nc2nccc(C3C=CC(N4CCCC4)=C(C#N)C3)n2)o1. The molecule has 2 aromatic heterocycles. The number of oxazole rings is 1. The third-order valence-electron chi connectivity index (χ3n) is 5.06. The van der Waals surface area contributed by atoms with E-state index in [-0.39, 0.29) is 24.3 Å². The van der Waals surface area contributed by atoms with Crippen molar-refractivity contribution in [2.75, 3.05) is 25.0 Å². The smallest absolute Gasteiger partial charge is 0.376 e. The second-order valence-corrected chi connectivity index (χ2v) is 7.02. The number of likely N-dealkylation sites (tertiary alicyclic amines) is 1. The molecule has 1 unspecified atom stereocenters. The van der Waals surface area contributed by atoms with Crippen LogP contribution < -0.4 is 5.32 Å². The van der Waals surface area contributed by atoms with Crippen molar-refractivity contribution in [1.29, 1.82) is 5.26 Å². The molecule has 9 nitrogen and oxygen atoms in total. The first-order chi connectivity index (χ1) is 14.7. The standard InChI is InChI=1S/C21H22N6O3/c1-2-29-19(28)18-13-24-21(30-18)26-20-23-8-7-16(25-20)14-5-6-17(15(11-14)12-22)27-9-3-4-10-27/h5-8,13-14H,2-4,9-11H2,1H3,(H,23,24,25,26). The summed E-state index contributed by atoms with van der Waals surface area (Å²) >= 11 is 0. The van der Waals surface area contributed by atoms with Crippen molar-refractivity contribution < 1.29 is 13.9 Å². The van der Waals surface area contributed by atoms with Crippen LogP contribution in [0.1, 0.15) is 48.4 Å². The van der Waals surface area contributed by atoms with Gasteiger partial charge in [0.25, 0.3) is 0 Å². The number of nitrogens with one attached hydrogen (secondary N) is 1. The van der Waals surface area contributed by atoms with Crippen LogP contribution in [0.3, 0.4) is 0 Å². The molecule has 0 saturated carbocycles. The number of esters is 1. The van der Waals surface area contributed by atoms with Gasteiger partial charge in [-0.3, -0.25) is 5.32 Å². The summed E-state index contributed by atoms with van der Waals surface area (Å²) in [5, 5.41) is 12.5. The largest absolute Gasteiger partial charge is 0.460 e. The van der Waals surface area contributed by atoms with E-state index < -0.39 is 5.97 Å². The second-order valence-electron chi connectivity index (χ2n) is 7.02. The third kappa shape index (κ3) is 4.17. The Kier molecular flexibility index (Phi) is 5.75. The summed E-state index contributed by atoms with van der Waals surface area (Å²) in [6, 6.07) is 4.30. The molecule has 3 heterocycles. The van der Waals surface area contributed by atoms with E-state index in [4.69, 9.17) is 9.15 Å². The highest BCUT2D eigenvalue weighted by atomic mass is 16.5. The summed E-state index contributed by atoms with van der Waals surface area (Å²) < 4.78 is 10.2. The normalized spacial score (nSPS) is 18.4. The number of hydrogen-bond donors (Lipinski definition) is 1. The Morgan fingerprint density at radius 1 is 1.40 bits per heavy atom. The van der Waals surface area contributed by atoms with E-state index in [0.717, 1.165) is 30.1 Å². The van der Waals surface area contributed by atoms with Gasteiger partial charge in [-0.15, -0.1) is 0 Å². The maximum absolute atomic E-state index is 11.7. The lowest BCUT2D eigenvalue weighted by atomic mass is 9.90. The highest BCUT2D eigenvalue weighted by Crippen LogP contribution is 2.33. The highest BCUT2D eigenvalue weighted by molar-refractivity contribution is 5.86. The van der Waals surface area contributed by atoms with Crippen molar-refractivity contribution in [1.82, 2.24) is 19.9 Å². The van der Waals surface area contributed by atoms with Crippen molar-refractivity contribution in [3.05, 3.63) is 53.3 Å². The lowest BCUT2D eigenvalue weighted by Crippen LogP contribution is -2.21. The van der Waals surface area contributed by atoms with Crippen LogP contribution in [0, 0.1) is 11.3 Å². The van der Waals surface area contributed by atoms with E-state index in [1.165, 1.54) is 19.0 Å². The van der Waals surface area contributed by atoms with Crippen LogP contribution in [0.15, 0.2) is 46.3 Å². The average molecular weight is 406 g/mol. The molecule has 9 heteroatoms. The Bertz CT molecular complexity index is 1030. The zero-order valence-electron chi connectivity index (χ0n) is 16.7. The van der Waals surface area contributed by atoms with E-state index in [1.807, 2.05) is 12.1 Å². The molecular weight excluding hydrogens is 384 g/mol. The van der Waals surface area contributed by atoms with Gasteiger partial charge in [0.1, 0.15) is 0 Å². The van der Waals surface area contributed by atoms with Crippen LogP contribution in [-0.2, 0) is 4.74 Å². The highest BCUT2D eigenvalue weighted by Gasteiger charge is 2.24. The number of allylic oxidation sites excluding steroid dienone is 3. The van der Waals surface area contributed by atoms with Gasteiger partial charge in [0.2, 0.25) is 11.7 Å². The number of aromatic nitrogens is 3. The van der Waals surface area contributed by atoms with Gasteiger partial charge < -0.3 is 14.1 Å². The summed E-state index contributed by atoms with van der Waals surface area (Å²) in [5.74, 6) is -0.297. The monoisotopic (exact) mass is 406 g/mol. The van der Waals surface area contributed by atoms with Crippen LogP contribution in [0.4, 0.5) is 12.0 Å². The van der Waals surface area contributed by atoms with Crippen molar-refractivity contribution in [2.24, 2.45) is 0 Å². The number of hydrogen-bond acceptors (Lipinski definition) is 9. The minimum Gasteiger partial charge on any atom is -0.460 e. The van der Waals surface area contributed by atoms with Gasteiger partial charge in [-0.05, 0) is 38.3 Å². The van der Waals surface area contributed by atoms with E-state index in [1.54, 1.807) is 13.1 Å². The number of nitriles is 1. The minimum atomic E-state index is -0.579. The van der Waals surface area contributed by atoms with Gasteiger partial charge in [-0.1, -0.05) is 6.08 Å². The number of ether oxygens (including phenoxy) is 1. The molecule has 30 heavy (non-hydrogen) atoms. The Balaban J connectivity index is 1.47. The summed E-state index contributed by atoms with van der Waals surface area (Å²) in [6.07, 6.45) is 9.98. The predicted octanol–water partition coefficient (Wildman–Crippen LogP) is 3.30. The first-order valence-corrected chi connectivity index (χ1v) is 9.97. The summed E-state index contributed by atoms with van der Waals surface area (Å²) in [7, 11) is 0. The lowest BCUT2D eigenvalue weighted by Gasteiger charge is -2.25. The molecule has 1 saturated heterocycles. The predicted molar refractivity (Wildman–Crippen MR) is 108 cm³/mol. The van der Waals surface area contributed by atoms with E-state index in [2.05, 4.69) is 37.3 Å². The Hall–Kier alpha value is -3.67. The molecule has 0 amide bonds. The summed E-state index contributed by atoms with van der Waals surface area (Å²) in [6.45, 7) is 3.97. The molecule has 1 aliphatic heterocycles. The number of anilines is 2. The lowest BCUT2D eigenvalue weighted by molar-refractivity contribution is 0.0491. The fourth-order valence-corrected chi connectivity index (χ4v) is 3.62. The number of rotatable bonds is 6. The van der Waals surface area contributed by atoms with Gasteiger partial charge in [0.15, 0.2) is 0 Å². The number of carbonyl (C=O) groups excluding carboxylic acids is 1. The van der Waals surface area contributed by atoms with Gasteiger partial charge >= 0.3 is 12.0 Å². The van der Waals surface area contributed by atoms with Crippen molar-refractivity contribution in [3.8, 4) is 6.07 Å². The van der Waals surface area contributed by atoms with E-state index in [9.17, 15) is 10.1 Å². The molecule has 1 fully saturated rings. The van der Waals surface area contributed by atoms with Crippen molar-refractivity contribution in [3.63, 3.8) is 0 Å². The number of carbonyl (C=O) groups is 1. The van der Waals surface area contributed by atoms with Gasteiger partial charge in [0.05, 0.1) is 35.8 Å². The Morgan fingerprint density at radius 3 is 3.00 bits per heavy atom. The van der Waals surface area contributed by atoms with Crippen LogP contribution in [0.2, 0.25) is 0 Å². The zero-order valence-corrected chi connectivity index (χ0v) is 16.7. The topological polar surface area (TPSA) is 117 Å². The van der Waals surface area contributed by atoms with Crippen LogP contribution >= 0.6 is 0 Å². The fraction of sp³-hybridized carbons (Fsp3) is 0.381. The first-order valence-electron chi connectivity index (χ1n) is 9.97. The molecule has 2 aliphatic rings. The maximum atomic E-state index is 11.7. The van der Waals surface area contributed by atoms with Gasteiger partial charge in [-0.25, -0.2) is 19.7 Å². The van der Waals surface area contributed by atoms with Crippen LogP contribution in [0.25, 0.3) is 0 Å². The second kappa shape index (κ2) is 8.78. The first kappa shape index (κ1) is 19.6. The molecule has 154 valence electrons. The molecule has 4 rings (SSSR count).